The van der Waals surface area contributed by atoms with Crippen LogP contribution in [0.1, 0.15) is 31.9 Å². The molecule has 0 heterocycles. The zero-order chi connectivity index (χ0) is 14.3. The Bertz CT molecular complexity index is 512. The van der Waals surface area contributed by atoms with E-state index in [-0.39, 0.29) is 5.82 Å². The summed E-state index contributed by atoms with van der Waals surface area (Å²) in [4.78, 5) is 0. The molecule has 0 saturated carbocycles. The van der Waals surface area contributed by atoms with E-state index in [1.165, 1.54) is 24.3 Å². The van der Waals surface area contributed by atoms with E-state index in [9.17, 15) is 14.6 Å². The van der Waals surface area contributed by atoms with Gasteiger partial charge < -0.3 is 10.2 Å². The highest BCUT2D eigenvalue weighted by Crippen LogP contribution is 2.11. The lowest BCUT2D eigenvalue weighted by molar-refractivity contribution is 0.204. The predicted octanol–water partition coefficient (Wildman–Crippen LogP) is 2.27. The molecule has 3 heteroatoms. The van der Waals surface area contributed by atoms with Crippen molar-refractivity contribution < 1.29 is 14.6 Å². The minimum atomic E-state index is -1.00. The number of rotatable bonds is 3. The van der Waals surface area contributed by atoms with Gasteiger partial charge in [-0.05, 0) is 41.9 Å². The van der Waals surface area contributed by atoms with Crippen molar-refractivity contribution >= 4 is 0 Å². The van der Waals surface area contributed by atoms with Gasteiger partial charge in [0.05, 0.1) is 0 Å². The Labute approximate surface area is 113 Å². The van der Waals surface area contributed by atoms with Crippen LogP contribution in [0.4, 0.5) is 4.39 Å². The summed E-state index contributed by atoms with van der Waals surface area (Å²) in [7, 11) is 0. The number of benzene rings is 1. The first-order valence-corrected chi connectivity index (χ1v) is 6.11. The van der Waals surface area contributed by atoms with Crippen molar-refractivity contribution in [2.75, 3.05) is 0 Å². The molecule has 0 aromatic heterocycles. The van der Waals surface area contributed by atoms with Gasteiger partial charge in [0.25, 0.3) is 0 Å². The average molecular weight is 260 g/mol. The Hall–Kier alpha value is -1.81. The minimum Gasteiger partial charge on any atom is -0.380 e. The predicted molar refractivity (Wildman–Crippen MR) is 72.4 cm³/mol. The summed E-state index contributed by atoms with van der Waals surface area (Å²) in [5.41, 5.74) is 0.512. The van der Waals surface area contributed by atoms with Crippen LogP contribution < -0.4 is 0 Å². The maximum absolute atomic E-state index is 12.7. The van der Waals surface area contributed by atoms with Crippen LogP contribution in [0.5, 0.6) is 0 Å². The van der Waals surface area contributed by atoms with Gasteiger partial charge >= 0.3 is 0 Å². The van der Waals surface area contributed by atoms with Gasteiger partial charge in [-0.25, -0.2) is 4.39 Å². The van der Waals surface area contributed by atoms with Crippen LogP contribution >= 0.6 is 0 Å². The van der Waals surface area contributed by atoms with Crippen molar-refractivity contribution in [3.05, 3.63) is 35.6 Å². The fourth-order valence-electron chi connectivity index (χ4n) is 1.46. The molecule has 2 atom stereocenters. The second-order valence-electron chi connectivity index (χ2n) is 4.64. The molecule has 2 unspecified atom stereocenters. The van der Waals surface area contributed by atoms with Crippen molar-refractivity contribution in [1.29, 1.82) is 0 Å². The smallest absolute Gasteiger partial charge is 0.141 e. The van der Waals surface area contributed by atoms with E-state index >= 15 is 0 Å². The first kappa shape index (κ1) is 15.2. The van der Waals surface area contributed by atoms with E-state index in [1.54, 1.807) is 0 Å². The van der Waals surface area contributed by atoms with Crippen LogP contribution in [0.3, 0.4) is 0 Å². The third-order valence-electron chi connectivity index (χ3n) is 2.39. The van der Waals surface area contributed by atoms with Crippen molar-refractivity contribution in [3.8, 4) is 23.7 Å². The van der Waals surface area contributed by atoms with Gasteiger partial charge in [-0.15, -0.1) is 0 Å². The van der Waals surface area contributed by atoms with E-state index in [4.69, 9.17) is 0 Å². The van der Waals surface area contributed by atoms with E-state index in [0.717, 1.165) is 0 Å². The van der Waals surface area contributed by atoms with Crippen molar-refractivity contribution in [3.63, 3.8) is 0 Å². The van der Waals surface area contributed by atoms with Crippen molar-refractivity contribution in [1.82, 2.24) is 0 Å². The zero-order valence-corrected chi connectivity index (χ0v) is 11.0. The number of hydrogen-bond donors (Lipinski definition) is 2. The van der Waals surface area contributed by atoms with Gasteiger partial charge in [0.2, 0.25) is 0 Å². The molecule has 0 fully saturated rings. The van der Waals surface area contributed by atoms with Crippen LogP contribution in [0.15, 0.2) is 24.3 Å². The average Bonchev–Trinajstić information content (AvgIpc) is 2.34. The molecule has 0 aliphatic rings. The largest absolute Gasteiger partial charge is 0.380 e. The number of aliphatic hydroxyl groups excluding tert-OH is 2. The van der Waals surface area contributed by atoms with Crippen LogP contribution in [-0.4, -0.2) is 16.3 Å². The van der Waals surface area contributed by atoms with Crippen molar-refractivity contribution in [2.24, 2.45) is 5.92 Å². The van der Waals surface area contributed by atoms with Gasteiger partial charge in [-0.1, -0.05) is 37.8 Å². The SMILES string of the molecule is CC(C)CC(O)C#CC#CC(O)c1ccc(F)cc1. The minimum absolute atomic E-state index is 0.361. The molecular weight excluding hydrogens is 243 g/mol. The molecule has 0 radical (unpaired) electrons. The number of halogens is 1. The van der Waals surface area contributed by atoms with Crippen LogP contribution in [0.2, 0.25) is 0 Å². The maximum atomic E-state index is 12.7. The van der Waals surface area contributed by atoms with Crippen LogP contribution in [0, 0.1) is 35.4 Å². The van der Waals surface area contributed by atoms with E-state index in [0.29, 0.717) is 17.9 Å². The molecule has 0 aliphatic carbocycles. The van der Waals surface area contributed by atoms with E-state index in [2.05, 4.69) is 23.7 Å². The standard InChI is InChI=1S/C16H17FO2/c1-12(2)11-15(18)5-3-4-6-16(19)13-7-9-14(17)10-8-13/h7-10,12,15-16,18-19H,11H2,1-2H3. The third kappa shape index (κ3) is 6.06. The number of hydrogen-bond acceptors (Lipinski definition) is 2. The molecule has 0 bridgehead atoms. The van der Waals surface area contributed by atoms with Gasteiger partial charge in [0.15, 0.2) is 0 Å². The number of aliphatic hydroxyl groups is 2. The second-order valence-corrected chi connectivity index (χ2v) is 4.64. The van der Waals surface area contributed by atoms with Gasteiger partial charge in [0.1, 0.15) is 18.0 Å². The van der Waals surface area contributed by atoms with Crippen LogP contribution in [0.25, 0.3) is 0 Å². The molecule has 100 valence electrons. The summed E-state index contributed by atoms with van der Waals surface area (Å²) in [5.74, 6) is 10.1. The summed E-state index contributed by atoms with van der Waals surface area (Å²) in [6.07, 6.45) is -1.11. The molecule has 19 heavy (non-hydrogen) atoms. The molecule has 1 rings (SSSR count). The van der Waals surface area contributed by atoms with Crippen molar-refractivity contribution in [2.45, 2.75) is 32.5 Å². The van der Waals surface area contributed by atoms with E-state index < -0.39 is 12.2 Å². The normalized spacial score (nSPS) is 12.9. The molecule has 2 N–H and O–H groups in total. The monoisotopic (exact) mass is 260 g/mol. The molecule has 1 aromatic rings. The van der Waals surface area contributed by atoms with Gasteiger partial charge in [0, 0.05) is 0 Å². The summed E-state index contributed by atoms with van der Waals surface area (Å²) < 4.78 is 12.7. The Morgan fingerprint density at radius 3 is 2.21 bits per heavy atom. The highest BCUT2D eigenvalue weighted by molar-refractivity contribution is 5.32. The van der Waals surface area contributed by atoms with E-state index in [1.807, 2.05) is 13.8 Å². The maximum Gasteiger partial charge on any atom is 0.141 e. The fraction of sp³-hybridized carbons (Fsp3) is 0.375. The Kier molecular flexibility index (Phi) is 6.09. The lowest BCUT2D eigenvalue weighted by Gasteiger charge is -2.04. The lowest BCUT2D eigenvalue weighted by atomic mass is 10.1. The molecule has 0 amide bonds. The zero-order valence-electron chi connectivity index (χ0n) is 11.0. The van der Waals surface area contributed by atoms with Gasteiger partial charge in [-0.2, -0.15) is 0 Å². The Balaban J connectivity index is 2.58. The topological polar surface area (TPSA) is 40.5 Å². The fourth-order valence-corrected chi connectivity index (χ4v) is 1.46. The summed E-state index contributed by atoms with van der Waals surface area (Å²) in [5, 5.41) is 19.2. The molecule has 0 aliphatic heterocycles. The molecule has 1 aromatic carbocycles. The molecule has 0 spiro atoms. The molecule has 0 saturated heterocycles. The lowest BCUT2D eigenvalue weighted by Crippen LogP contribution is -2.06. The summed E-state index contributed by atoms with van der Waals surface area (Å²) in [6, 6.07) is 5.46. The first-order valence-electron chi connectivity index (χ1n) is 6.11. The Morgan fingerprint density at radius 1 is 1.05 bits per heavy atom. The summed E-state index contributed by atoms with van der Waals surface area (Å²) in [6.45, 7) is 3.99. The second kappa shape index (κ2) is 7.59. The highest BCUT2D eigenvalue weighted by Gasteiger charge is 2.03. The molecular formula is C16H17FO2. The quantitative estimate of drug-likeness (QED) is 0.818. The highest BCUT2D eigenvalue weighted by atomic mass is 19.1. The van der Waals surface area contributed by atoms with Gasteiger partial charge in [-0.3, -0.25) is 0 Å². The van der Waals surface area contributed by atoms with Crippen LogP contribution in [-0.2, 0) is 0 Å². The first-order chi connectivity index (χ1) is 8.99. The Morgan fingerprint density at radius 2 is 1.63 bits per heavy atom. The third-order valence-corrected chi connectivity index (χ3v) is 2.39. The summed E-state index contributed by atoms with van der Waals surface area (Å²) >= 11 is 0. The molecule has 2 nitrogen and oxygen atoms in total.